The van der Waals surface area contributed by atoms with Gasteiger partial charge in [-0.2, -0.15) is 0 Å². The number of carboxylic acids is 1. The van der Waals surface area contributed by atoms with Crippen LogP contribution in [0, 0.1) is 0 Å². The zero-order valence-electron chi connectivity index (χ0n) is 15.6. The van der Waals surface area contributed by atoms with E-state index >= 15 is 0 Å². The van der Waals surface area contributed by atoms with E-state index in [1.807, 2.05) is 18.2 Å². The van der Waals surface area contributed by atoms with Gasteiger partial charge in [0.2, 0.25) is 0 Å². The molecule has 4 nitrogen and oxygen atoms in total. The molecular weight excluding hydrogens is 328 g/mol. The molecule has 3 rings (SSSR count). The minimum Gasteiger partial charge on any atom is -0.478 e. The third-order valence-electron chi connectivity index (χ3n) is 4.69. The van der Waals surface area contributed by atoms with Gasteiger partial charge < -0.3 is 14.6 Å². The molecule has 1 saturated heterocycles. The van der Waals surface area contributed by atoms with Crippen molar-refractivity contribution in [1.82, 2.24) is 0 Å². The van der Waals surface area contributed by atoms with Gasteiger partial charge in [0.15, 0.2) is 6.29 Å². The summed E-state index contributed by atoms with van der Waals surface area (Å²) in [5, 5.41) is 9.65. The lowest BCUT2D eigenvalue weighted by molar-refractivity contribution is -0.105. The zero-order chi connectivity index (χ0) is 18.7. The first-order valence-electron chi connectivity index (χ1n) is 9.12. The Labute approximate surface area is 154 Å². The minimum atomic E-state index is -0.963. The van der Waals surface area contributed by atoms with Crippen LogP contribution in [0.2, 0.25) is 0 Å². The zero-order valence-corrected chi connectivity index (χ0v) is 15.6. The Bertz CT molecular complexity index is 766. The van der Waals surface area contributed by atoms with Crippen molar-refractivity contribution in [1.29, 1.82) is 0 Å². The summed E-state index contributed by atoms with van der Waals surface area (Å²) in [6.45, 7) is 7.14. The van der Waals surface area contributed by atoms with Crippen molar-refractivity contribution in [2.45, 2.75) is 51.7 Å². The van der Waals surface area contributed by atoms with Gasteiger partial charge in [0.1, 0.15) is 5.75 Å². The SMILES string of the molecule is CC(C)(C)c1ccc(-c2c(OC3CCCCO3)cccc2C(=O)O)cc1. The van der Waals surface area contributed by atoms with E-state index in [1.54, 1.807) is 12.1 Å². The number of hydrogen-bond acceptors (Lipinski definition) is 3. The third kappa shape index (κ3) is 4.07. The first-order chi connectivity index (χ1) is 12.4. The fourth-order valence-electron chi connectivity index (χ4n) is 3.19. The molecule has 1 atom stereocenters. The highest BCUT2D eigenvalue weighted by Gasteiger charge is 2.22. The molecule has 26 heavy (non-hydrogen) atoms. The highest BCUT2D eigenvalue weighted by molar-refractivity contribution is 5.98. The second-order valence-corrected chi connectivity index (χ2v) is 7.73. The highest BCUT2D eigenvalue weighted by atomic mass is 16.7. The van der Waals surface area contributed by atoms with Gasteiger partial charge in [-0.15, -0.1) is 0 Å². The van der Waals surface area contributed by atoms with Crippen LogP contribution in [0.25, 0.3) is 11.1 Å². The van der Waals surface area contributed by atoms with E-state index in [2.05, 4.69) is 32.9 Å². The molecule has 0 bridgehead atoms. The van der Waals surface area contributed by atoms with E-state index in [9.17, 15) is 9.90 Å². The molecule has 0 aromatic heterocycles. The van der Waals surface area contributed by atoms with Crippen molar-refractivity contribution < 1.29 is 19.4 Å². The summed E-state index contributed by atoms with van der Waals surface area (Å²) < 4.78 is 11.7. The summed E-state index contributed by atoms with van der Waals surface area (Å²) in [7, 11) is 0. The number of hydrogen-bond donors (Lipinski definition) is 1. The van der Waals surface area contributed by atoms with Crippen molar-refractivity contribution in [3.05, 3.63) is 53.6 Å². The van der Waals surface area contributed by atoms with Crippen LogP contribution in [0.15, 0.2) is 42.5 Å². The second kappa shape index (κ2) is 7.50. The van der Waals surface area contributed by atoms with E-state index in [0.29, 0.717) is 17.9 Å². The monoisotopic (exact) mass is 354 g/mol. The number of rotatable bonds is 4. The molecule has 2 aromatic carbocycles. The molecule has 1 unspecified atom stereocenters. The van der Waals surface area contributed by atoms with Crippen LogP contribution in [0.5, 0.6) is 5.75 Å². The predicted octanol–water partition coefficient (Wildman–Crippen LogP) is 5.25. The van der Waals surface area contributed by atoms with E-state index in [1.165, 1.54) is 5.56 Å². The van der Waals surface area contributed by atoms with Crippen LogP contribution in [-0.2, 0) is 10.2 Å². The van der Waals surface area contributed by atoms with Gasteiger partial charge >= 0.3 is 5.97 Å². The maximum absolute atomic E-state index is 11.8. The van der Waals surface area contributed by atoms with Gasteiger partial charge in [0.05, 0.1) is 12.2 Å². The molecule has 0 radical (unpaired) electrons. The molecule has 0 spiro atoms. The Morgan fingerprint density at radius 1 is 1.12 bits per heavy atom. The first-order valence-corrected chi connectivity index (χ1v) is 9.12. The molecule has 1 fully saturated rings. The van der Waals surface area contributed by atoms with Crippen LogP contribution < -0.4 is 4.74 Å². The normalized spacial score (nSPS) is 17.7. The Morgan fingerprint density at radius 2 is 1.85 bits per heavy atom. The average Bonchev–Trinajstić information content (AvgIpc) is 2.62. The molecule has 0 aliphatic carbocycles. The Kier molecular flexibility index (Phi) is 5.33. The third-order valence-corrected chi connectivity index (χ3v) is 4.69. The smallest absolute Gasteiger partial charge is 0.336 e. The van der Waals surface area contributed by atoms with Crippen LogP contribution >= 0.6 is 0 Å². The lowest BCUT2D eigenvalue weighted by Gasteiger charge is -2.25. The molecule has 1 aliphatic heterocycles. The van der Waals surface area contributed by atoms with Crippen molar-refractivity contribution in [3.8, 4) is 16.9 Å². The number of benzene rings is 2. The summed E-state index contributed by atoms with van der Waals surface area (Å²) in [6, 6.07) is 13.2. The summed E-state index contributed by atoms with van der Waals surface area (Å²) in [4.78, 5) is 11.8. The quantitative estimate of drug-likeness (QED) is 0.814. The number of ether oxygens (including phenoxy) is 2. The van der Waals surface area contributed by atoms with E-state index in [-0.39, 0.29) is 17.3 Å². The molecule has 1 N–H and O–H groups in total. The van der Waals surface area contributed by atoms with Gasteiger partial charge in [0, 0.05) is 12.0 Å². The van der Waals surface area contributed by atoms with Gasteiger partial charge in [-0.3, -0.25) is 0 Å². The first kappa shape index (κ1) is 18.5. The molecule has 138 valence electrons. The maximum atomic E-state index is 11.8. The van der Waals surface area contributed by atoms with Crippen molar-refractivity contribution in [3.63, 3.8) is 0 Å². The van der Waals surface area contributed by atoms with Crippen LogP contribution in [0.3, 0.4) is 0 Å². The van der Waals surface area contributed by atoms with Crippen LogP contribution in [0.4, 0.5) is 0 Å². The summed E-state index contributed by atoms with van der Waals surface area (Å²) in [5.74, 6) is -0.407. The standard InChI is InChI=1S/C22H26O4/c1-22(2,3)16-12-10-15(11-13-16)20-17(21(23)24)7-6-8-18(20)26-19-9-4-5-14-25-19/h6-8,10-13,19H,4-5,9,14H2,1-3H3,(H,23,24). The van der Waals surface area contributed by atoms with Gasteiger partial charge in [-0.1, -0.05) is 51.1 Å². The fraction of sp³-hybridized carbons (Fsp3) is 0.409. The van der Waals surface area contributed by atoms with Gasteiger partial charge in [0.25, 0.3) is 0 Å². The fourth-order valence-corrected chi connectivity index (χ4v) is 3.19. The van der Waals surface area contributed by atoms with Gasteiger partial charge in [-0.05, 0) is 41.5 Å². The maximum Gasteiger partial charge on any atom is 0.336 e. The molecule has 1 aliphatic rings. The van der Waals surface area contributed by atoms with Crippen molar-refractivity contribution >= 4 is 5.97 Å². The molecule has 2 aromatic rings. The van der Waals surface area contributed by atoms with Crippen molar-refractivity contribution in [2.75, 3.05) is 6.61 Å². The van der Waals surface area contributed by atoms with Crippen molar-refractivity contribution in [2.24, 2.45) is 0 Å². The number of carbonyl (C=O) groups is 1. The van der Waals surface area contributed by atoms with Crippen LogP contribution in [-0.4, -0.2) is 24.0 Å². The molecule has 0 amide bonds. The Hall–Kier alpha value is -2.33. The number of aromatic carboxylic acids is 1. The Balaban J connectivity index is 2.01. The summed E-state index contributed by atoms with van der Waals surface area (Å²) in [5.41, 5.74) is 2.92. The average molecular weight is 354 g/mol. The lowest BCUT2D eigenvalue weighted by Crippen LogP contribution is -2.25. The summed E-state index contributed by atoms with van der Waals surface area (Å²) >= 11 is 0. The molecule has 0 saturated carbocycles. The molecular formula is C22H26O4. The second-order valence-electron chi connectivity index (χ2n) is 7.73. The van der Waals surface area contributed by atoms with Crippen LogP contribution in [0.1, 0.15) is 56.0 Å². The van der Waals surface area contributed by atoms with E-state index < -0.39 is 5.97 Å². The molecule has 4 heteroatoms. The Morgan fingerprint density at radius 3 is 2.42 bits per heavy atom. The topological polar surface area (TPSA) is 55.8 Å². The lowest BCUT2D eigenvalue weighted by atomic mass is 9.86. The summed E-state index contributed by atoms with van der Waals surface area (Å²) in [6.07, 6.45) is 2.59. The largest absolute Gasteiger partial charge is 0.478 e. The number of carboxylic acid groups (broad SMARTS) is 1. The minimum absolute atomic E-state index is 0.0418. The van der Waals surface area contributed by atoms with Gasteiger partial charge in [-0.25, -0.2) is 4.79 Å². The molecule has 1 heterocycles. The van der Waals surface area contributed by atoms with E-state index in [4.69, 9.17) is 9.47 Å². The predicted molar refractivity (Wildman–Crippen MR) is 102 cm³/mol. The van der Waals surface area contributed by atoms with E-state index in [0.717, 1.165) is 24.8 Å². The highest BCUT2D eigenvalue weighted by Crippen LogP contribution is 2.36.